The standard InChI is InChI=1S/C14H21N3O3/c1-4-17(9-12(18)16-3)13-10(14(19)20-5-2)7-6-8-11(13)15/h6-8H,4-5,9,15H2,1-3H3,(H,16,18). The Morgan fingerprint density at radius 3 is 2.60 bits per heavy atom. The summed E-state index contributed by atoms with van der Waals surface area (Å²) >= 11 is 0. The molecule has 110 valence electrons. The summed E-state index contributed by atoms with van der Waals surface area (Å²) in [4.78, 5) is 25.3. The van der Waals surface area contributed by atoms with Gasteiger partial charge < -0.3 is 20.7 Å². The summed E-state index contributed by atoms with van der Waals surface area (Å²) in [6, 6.07) is 5.04. The predicted octanol–water partition coefficient (Wildman–Crippen LogP) is 1.02. The van der Waals surface area contributed by atoms with E-state index in [1.165, 1.54) is 0 Å². The van der Waals surface area contributed by atoms with Crippen molar-refractivity contribution in [3.8, 4) is 0 Å². The molecule has 3 N–H and O–H groups in total. The second-order valence-corrected chi connectivity index (χ2v) is 4.15. The lowest BCUT2D eigenvalue weighted by atomic mass is 10.1. The van der Waals surface area contributed by atoms with Gasteiger partial charge in [0.25, 0.3) is 0 Å². The Hall–Kier alpha value is -2.24. The van der Waals surface area contributed by atoms with Gasteiger partial charge in [0.1, 0.15) is 0 Å². The number of ether oxygens (including phenoxy) is 1. The monoisotopic (exact) mass is 279 g/mol. The van der Waals surface area contributed by atoms with Crippen LogP contribution in [0.3, 0.4) is 0 Å². The van der Waals surface area contributed by atoms with Crippen LogP contribution in [0.5, 0.6) is 0 Å². The zero-order valence-electron chi connectivity index (χ0n) is 12.1. The maximum absolute atomic E-state index is 12.0. The van der Waals surface area contributed by atoms with E-state index in [0.717, 1.165) is 0 Å². The van der Waals surface area contributed by atoms with Gasteiger partial charge in [-0.05, 0) is 26.0 Å². The quantitative estimate of drug-likeness (QED) is 0.600. The zero-order valence-corrected chi connectivity index (χ0v) is 12.1. The van der Waals surface area contributed by atoms with Crippen molar-refractivity contribution in [3.63, 3.8) is 0 Å². The Bertz CT molecular complexity index is 489. The van der Waals surface area contributed by atoms with Gasteiger partial charge in [-0.3, -0.25) is 4.79 Å². The largest absolute Gasteiger partial charge is 0.462 e. The number of carbonyl (C=O) groups is 2. The van der Waals surface area contributed by atoms with Gasteiger partial charge in [0.05, 0.1) is 30.1 Å². The average Bonchev–Trinajstić information content (AvgIpc) is 2.44. The molecule has 0 radical (unpaired) electrons. The Morgan fingerprint density at radius 1 is 1.35 bits per heavy atom. The highest BCUT2D eigenvalue weighted by molar-refractivity contribution is 6.00. The molecule has 6 nitrogen and oxygen atoms in total. The number of benzene rings is 1. The van der Waals surface area contributed by atoms with Crippen molar-refractivity contribution >= 4 is 23.3 Å². The fourth-order valence-electron chi connectivity index (χ4n) is 1.89. The highest BCUT2D eigenvalue weighted by atomic mass is 16.5. The molecule has 1 aromatic carbocycles. The van der Waals surface area contributed by atoms with Crippen LogP contribution in [0.1, 0.15) is 24.2 Å². The maximum Gasteiger partial charge on any atom is 0.340 e. The minimum atomic E-state index is -0.440. The molecule has 0 saturated heterocycles. The fourth-order valence-corrected chi connectivity index (χ4v) is 1.89. The maximum atomic E-state index is 12.0. The van der Waals surface area contributed by atoms with E-state index < -0.39 is 5.97 Å². The molecule has 0 unspecified atom stereocenters. The Morgan fingerprint density at radius 2 is 2.05 bits per heavy atom. The summed E-state index contributed by atoms with van der Waals surface area (Å²) in [6.07, 6.45) is 0. The molecule has 1 aromatic rings. The van der Waals surface area contributed by atoms with Crippen molar-refractivity contribution in [2.45, 2.75) is 13.8 Å². The minimum Gasteiger partial charge on any atom is -0.462 e. The second-order valence-electron chi connectivity index (χ2n) is 4.15. The number of para-hydroxylation sites is 1. The summed E-state index contributed by atoms with van der Waals surface area (Å²) in [7, 11) is 1.57. The molecule has 0 saturated carbocycles. The van der Waals surface area contributed by atoms with E-state index in [4.69, 9.17) is 10.5 Å². The summed E-state index contributed by atoms with van der Waals surface area (Å²) in [5.74, 6) is -0.588. The molecule has 1 rings (SSSR count). The number of carbonyl (C=O) groups excluding carboxylic acids is 2. The van der Waals surface area contributed by atoms with Crippen LogP contribution < -0.4 is 16.0 Å². The van der Waals surface area contributed by atoms with Crippen molar-refractivity contribution in [1.82, 2.24) is 5.32 Å². The van der Waals surface area contributed by atoms with Crippen LogP contribution >= 0.6 is 0 Å². The van der Waals surface area contributed by atoms with Crippen LogP contribution in [-0.4, -0.2) is 38.6 Å². The van der Waals surface area contributed by atoms with Crippen LogP contribution in [0, 0.1) is 0 Å². The van der Waals surface area contributed by atoms with Crippen LogP contribution in [0.15, 0.2) is 18.2 Å². The summed E-state index contributed by atoms with van der Waals surface area (Å²) in [5, 5.41) is 2.56. The molecule has 0 spiro atoms. The van der Waals surface area contributed by atoms with Gasteiger partial charge in [0, 0.05) is 13.6 Å². The number of nitrogens with zero attached hydrogens (tertiary/aromatic N) is 1. The Kier molecular flexibility index (Phi) is 5.83. The number of rotatable bonds is 6. The number of anilines is 2. The van der Waals surface area contributed by atoms with E-state index in [2.05, 4.69) is 5.32 Å². The molecule has 6 heteroatoms. The van der Waals surface area contributed by atoms with Gasteiger partial charge in [0.15, 0.2) is 0 Å². The summed E-state index contributed by atoms with van der Waals surface area (Å²) in [5.41, 5.74) is 7.33. The minimum absolute atomic E-state index is 0.133. The summed E-state index contributed by atoms with van der Waals surface area (Å²) in [6.45, 7) is 4.60. The smallest absolute Gasteiger partial charge is 0.340 e. The molecule has 0 heterocycles. The number of amides is 1. The molecule has 0 aliphatic heterocycles. The second kappa shape index (κ2) is 7.37. The molecule has 1 amide bonds. The number of nitrogens with one attached hydrogen (secondary N) is 1. The third-order valence-corrected chi connectivity index (χ3v) is 2.87. The highest BCUT2D eigenvalue weighted by Crippen LogP contribution is 2.28. The third kappa shape index (κ3) is 3.63. The molecular weight excluding hydrogens is 258 g/mol. The van der Waals surface area contributed by atoms with Crippen molar-refractivity contribution in [2.24, 2.45) is 0 Å². The topological polar surface area (TPSA) is 84.7 Å². The van der Waals surface area contributed by atoms with Crippen LogP contribution in [0.4, 0.5) is 11.4 Å². The van der Waals surface area contributed by atoms with Gasteiger partial charge in [0.2, 0.25) is 5.91 Å². The first-order chi connectivity index (χ1) is 9.54. The van der Waals surface area contributed by atoms with E-state index in [9.17, 15) is 9.59 Å². The van der Waals surface area contributed by atoms with E-state index in [1.54, 1.807) is 37.1 Å². The lowest BCUT2D eigenvalue weighted by Gasteiger charge is -2.25. The van der Waals surface area contributed by atoms with Crippen LogP contribution in [0.25, 0.3) is 0 Å². The highest BCUT2D eigenvalue weighted by Gasteiger charge is 2.20. The third-order valence-electron chi connectivity index (χ3n) is 2.87. The first-order valence-corrected chi connectivity index (χ1v) is 6.56. The molecule has 0 fully saturated rings. The molecule has 0 bridgehead atoms. The number of nitrogens with two attached hydrogens (primary N) is 1. The van der Waals surface area contributed by atoms with Gasteiger partial charge in [-0.2, -0.15) is 0 Å². The summed E-state index contributed by atoms with van der Waals surface area (Å²) < 4.78 is 5.03. The molecule has 0 atom stereocenters. The number of esters is 1. The first kappa shape index (κ1) is 15.8. The SMILES string of the molecule is CCOC(=O)c1cccc(N)c1N(CC)CC(=O)NC. The Labute approximate surface area is 118 Å². The van der Waals surface area contributed by atoms with Crippen LogP contribution in [0.2, 0.25) is 0 Å². The normalized spacial score (nSPS) is 9.95. The van der Waals surface area contributed by atoms with E-state index in [0.29, 0.717) is 23.5 Å². The molecule has 0 aliphatic rings. The van der Waals surface area contributed by atoms with Gasteiger partial charge in [-0.25, -0.2) is 4.79 Å². The van der Waals surface area contributed by atoms with Crippen LogP contribution in [-0.2, 0) is 9.53 Å². The van der Waals surface area contributed by atoms with E-state index in [1.807, 2.05) is 6.92 Å². The predicted molar refractivity (Wildman–Crippen MR) is 78.8 cm³/mol. The van der Waals surface area contributed by atoms with Gasteiger partial charge in [-0.1, -0.05) is 6.07 Å². The Balaban J connectivity index is 3.19. The molecule has 20 heavy (non-hydrogen) atoms. The number of hydrogen-bond donors (Lipinski definition) is 2. The van der Waals surface area contributed by atoms with Crippen molar-refractivity contribution in [2.75, 3.05) is 37.4 Å². The van der Waals surface area contributed by atoms with E-state index in [-0.39, 0.29) is 19.1 Å². The van der Waals surface area contributed by atoms with Crippen molar-refractivity contribution in [1.29, 1.82) is 0 Å². The van der Waals surface area contributed by atoms with Gasteiger partial charge >= 0.3 is 5.97 Å². The molecular formula is C14H21N3O3. The number of likely N-dealkylation sites (N-methyl/N-ethyl adjacent to an activating group) is 2. The molecule has 0 aliphatic carbocycles. The lowest BCUT2D eigenvalue weighted by molar-refractivity contribution is -0.119. The number of hydrogen-bond acceptors (Lipinski definition) is 5. The van der Waals surface area contributed by atoms with Gasteiger partial charge in [-0.15, -0.1) is 0 Å². The van der Waals surface area contributed by atoms with Crippen molar-refractivity contribution < 1.29 is 14.3 Å². The molecule has 0 aromatic heterocycles. The first-order valence-electron chi connectivity index (χ1n) is 6.56. The zero-order chi connectivity index (χ0) is 15.1. The number of nitrogen functional groups attached to an aromatic ring is 1. The lowest BCUT2D eigenvalue weighted by Crippen LogP contribution is -2.36. The van der Waals surface area contributed by atoms with Crippen molar-refractivity contribution in [3.05, 3.63) is 23.8 Å². The average molecular weight is 279 g/mol. The fraction of sp³-hybridized carbons (Fsp3) is 0.429. The van der Waals surface area contributed by atoms with E-state index >= 15 is 0 Å².